The third-order valence-corrected chi connectivity index (χ3v) is 3.15. The smallest absolute Gasteiger partial charge is 0.187 e. The summed E-state index contributed by atoms with van der Waals surface area (Å²) in [5, 5.41) is 0.908. The van der Waals surface area contributed by atoms with E-state index in [9.17, 15) is 4.79 Å². The number of benzene rings is 1. The van der Waals surface area contributed by atoms with Crippen molar-refractivity contribution >= 4 is 29.1 Å². The van der Waals surface area contributed by atoms with E-state index in [1.807, 2.05) is 12.1 Å². The Labute approximate surface area is 99.5 Å². The Hall–Kier alpha value is -0.730. The minimum Gasteiger partial charge on any atom is -0.289 e. The normalized spacial score (nSPS) is 10.4. The van der Waals surface area contributed by atoms with E-state index in [0.29, 0.717) is 15.8 Å². The second-order valence-electron chi connectivity index (χ2n) is 3.35. The third-order valence-electron chi connectivity index (χ3n) is 1.77. The number of carbonyl (C=O) groups excluding carboxylic acids is 1. The number of thioether (sulfide) groups is 1. The topological polar surface area (TPSA) is 17.1 Å². The molecule has 0 atom stereocenters. The fourth-order valence-electron chi connectivity index (χ4n) is 1.20. The summed E-state index contributed by atoms with van der Waals surface area (Å²) in [5.41, 5.74) is 0.563. The zero-order chi connectivity index (χ0) is 11.4. The lowest BCUT2D eigenvalue weighted by Crippen LogP contribution is -1.99. The molecule has 0 saturated carbocycles. The average Bonchev–Trinajstić information content (AvgIpc) is 2.16. The van der Waals surface area contributed by atoms with Gasteiger partial charge in [-0.15, -0.1) is 11.8 Å². The molecule has 15 heavy (non-hydrogen) atoms. The molecule has 0 aliphatic heterocycles. The Morgan fingerprint density at radius 3 is 2.73 bits per heavy atom. The first kappa shape index (κ1) is 12.3. The molecule has 0 fully saturated rings. The molecule has 0 aliphatic rings. The monoisotopic (exact) mass is 240 g/mol. The molecule has 1 rings (SSSR count). The summed E-state index contributed by atoms with van der Waals surface area (Å²) in [4.78, 5) is 12.5. The summed E-state index contributed by atoms with van der Waals surface area (Å²) in [5.74, 6) is -0.122. The van der Waals surface area contributed by atoms with Crippen LogP contribution in [0.1, 0.15) is 24.2 Å². The van der Waals surface area contributed by atoms with Crippen LogP contribution in [0.15, 0.2) is 35.7 Å². The molecule has 80 valence electrons. The molecule has 0 bridgehead atoms. The molecule has 0 spiro atoms. The van der Waals surface area contributed by atoms with Crippen LogP contribution in [0.2, 0.25) is 5.02 Å². The predicted octanol–water partition coefficient (Wildman–Crippen LogP) is 4.21. The summed E-state index contributed by atoms with van der Waals surface area (Å²) >= 11 is 7.63. The van der Waals surface area contributed by atoms with E-state index in [1.54, 1.807) is 17.8 Å². The molecular weight excluding hydrogens is 228 g/mol. The van der Waals surface area contributed by atoms with E-state index in [2.05, 4.69) is 20.4 Å². The summed E-state index contributed by atoms with van der Waals surface area (Å²) in [6.07, 6.45) is 1.30. The Morgan fingerprint density at radius 2 is 2.20 bits per heavy atom. The SMILES string of the molecule is C=CC(=O)c1c(Cl)cccc1SC(C)C. The van der Waals surface area contributed by atoms with Crippen LogP contribution in [0.25, 0.3) is 0 Å². The molecule has 0 heterocycles. The maximum Gasteiger partial charge on any atom is 0.187 e. The van der Waals surface area contributed by atoms with Gasteiger partial charge in [-0.2, -0.15) is 0 Å². The first-order chi connectivity index (χ1) is 7.06. The molecule has 0 amide bonds. The van der Waals surface area contributed by atoms with Crippen LogP contribution < -0.4 is 0 Å². The number of rotatable bonds is 4. The van der Waals surface area contributed by atoms with Crippen molar-refractivity contribution in [1.29, 1.82) is 0 Å². The lowest BCUT2D eigenvalue weighted by molar-refractivity contribution is 0.104. The Morgan fingerprint density at radius 1 is 1.53 bits per heavy atom. The number of hydrogen-bond acceptors (Lipinski definition) is 2. The largest absolute Gasteiger partial charge is 0.289 e. The maximum absolute atomic E-state index is 11.6. The molecular formula is C12H13ClOS. The first-order valence-corrected chi connectivity index (χ1v) is 5.94. The average molecular weight is 241 g/mol. The van der Waals surface area contributed by atoms with Crippen LogP contribution >= 0.6 is 23.4 Å². The van der Waals surface area contributed by atoms with Crippen molar-refractivity contribution in [3.05, 3.63) is 41.4 Å². The molecule has 1 aromatic rings. The first-order valence-electron chi connectivity index (χ1n) is 4.68. The van der Waals surface area contributed by atoms with E-state index >= 15 is 0 Å². The predicted molar refractivity (Wildman–Crippen MR) is 67.0 cm³/mol. The van der Waals surface area contributed by atoms with Gasteiger partial charge in [0.05, 0.1) is 10.6 Å². The fraction of sp³-hybridized carbons (Fsp3) is 0.250. The molecule has 0 aliphatic carbocycles. The van der Waals surface area contributed by atoms with Gasteiger partial charge < -0.3 is 0 Å². The van der Waals surface area contributed by atoms with E-state index in [4.69, 9.17) is 11.6 Å². The van der Waals surface area contributed by atoms with Gasteiger partial charge in [0.25, 0.3) is 0 Å². The Kier molecular flexibility index (Phi) is 4.43. The lowest BCUT2D eigenvalue weighted by atomic mass is 10.1. The number of ketones is 1. The number of hydrogen-bond donors (Lipinski definition) is 0. The summed E-state index contributed by atoms with van der Waals surface area (Å²) in [6, 6.07) is 5.49. The van der Waals surface area contributed by atoms with Crippen LogP contribution in [0.3, 0.4) is 0 Å². The van der Waals surface area contributed by atoms with Crippen LogP contribution in [0, 0.1) is 0 Å². The molecule has 0 N–H and O–H groups in total. The molecule has 1 nitrogen and oxygen atoms in total. The van der Waals surface area contributed by atoms with Crippen molar-refractivity contribution in [2.75, 3.05) is 0 Å². The van der Waals surface area contributed by atoms with Gasteiger partial charge in [0.1, 0.15) is 0 Å². The summed E-state index contributed by atoms with van der Waals surface area (Å²) < 4.78 is 0. The number of halogens is 1. The quantitative estimate of drug-likeness (QED) is 0.446. The van der Waals surface area contributed by atoms with Gasteiger partial charge >= 0.3 is 0 Å². The van der Waals surface area contributed by atoms with E-state index in [-0.39, 0.29) is 5.78 Å². The van der Waals surface area contributed by atoms with Crippen LogP contribution in [0.5, 0.6) is 0 Å². The highest BCUT2D eigenvalue weighted by Crippen LogP contribution is 2.31. The number of carbonyl (C=O) groups is 1. The third kappa shape index (κ3) is 3.11. The highest BCUT2D eigenvalue weighted by atomic mass is 35.5. The van der Waals surface area contributed by atoms with Gasteiger partial charge in [0.15, 0.2) is 5.78 Å². The van der Waals surface area contributed by atoms with Crippen molar-refractivity contribution < 1.29 is 4.79 Å². The van der Waals surface area contributed by atoms with Crippen molar-refractivity contribution in [3.63, 3.8) is 0 Å². The second kappa shape index (κ2) is 5.38. The van der Waals surface area contributed by atoms with Crippen molar-refractivity contribution in [1.82, 2.24) is 0 Å². The maximum atomic E-state index is 11.6. The minimum atomic E-state index is -0.122. The zero-order valence-corrected chi connectivity index (χ0v) is 10.4. The lowest BCUT2D eigenvalue weighted by Gasteiger charge is -2.10. The molecule has 0 radical (unpaired) electrons. The van der Waals surface area contributed by atoms with Gasteiger partial charge in [0, 0.05) is 10.1 Å². The highest BCUT2D eigenvalue weighted by Gasteiger charge is 2.13. The van der Waals surface area contributed by atoms with Crippen LogP contribution in [0.4, 0.5) is 0 Å². The van der Waals surface area contributed by atoms with Crippen LogP contribution in [-0.2, 0) is 0 Å². The van der Waals surface area contributed by atoms with Gasteiger partial charge in [-0.25, -0.2) is 0 Å². The zero-order valence-electron chi connectivity index (χ0n) is 8.79. The molecule has 1 aromatic carbocycles. The standard InChI is InChI=1S/C12H13ClOS/c1-4-10(14)12-9(13)6-5-7-11(12)15-8(2)3/h4-8H,1H2,2-3H3. The molecule has 3 heteroatoms. The molecule has 0 unspecified atom stereocenters. The van der Waals surface area contributed by atoms with Crippen molar-refractivity contribution in [3.8, 4) is 0 Å². The molecule has 0 aromatic heterocycles. The van der Waals surface area contributed by atoms with Gasteiger partial charge in [0.2, 0.25) is 0 Å². The van der Waals surface area contributed by atoms with Gasteiger partial charge in [-0.1, -0.05) is 38.1 Å². The van der Waals surface area contributed by atoms with E-state index in [0.717, 1.165) is 4.90 Å². The number of allylic oxidation sites excluding steroid dienone is 1. The molecule has 0 saturated heterocycles. The minimum absolute atomic E-state index is 0.122. The van der Waals surface area contributed by atoms with Gasteiger partial charge in [-0.3, -0.25) is 4.79 Å². The second-order valence-corrected chi connectivity index (χ2v) is 5.37. The Balaban J connectivity index is 3.19. The fourth-order valence-corrected chi connectivity index (χ4v) is 2.51. The van der Waals surface area contributed by atoms with Crippen molar-refractivity contribution in [2.45, 2.75) is 24.0 Å². The summed E-state index contributed by atoms with van der Waals surface area (Å²) in [6.45, 7) is 7.64. The highest BCUT2D eigenvalue weighted by molar-refractivity contribution is 8.00. The van der Waals surface area contributed by atoms with Gasteiger partial charge in [-0.05, 0) is 18.2 Å². The van der Waals surface area contributed by atoms with E-state index < -0.39 is 0 Å². The Bertz CT molecular complexity index is 385. The van der Waals surface area contributed by atoms with E-state index in [1.165, 1.54) is 6.08 Å². The van der Waals surface area contributed by atoms with Crippen molar-refractivity contribution in [2.24, 2.45) is 0 Å². The van der Waals surface area contributed by atoms with Crippen LogP contribution in [-0.4, -0.2) is 11.0 Å². The summed E-state index contributed by atoms with van der Waals surface area (Å²) in [7, 11) is 0.